The van der Waals surface area contributed by atoms with Crippen molar-refractivity contribution in [2.75, 3.05) is 11.9 Å². The van der Waals surface area contributed by atoms with E-state index in [1.165, 1.54) is 35.3 Å². The molecule has 1 amide bonds. The van der Waals surface area contributed by atoms with Crippen molar-refractivity contribution in [3.8, 4) is 11.3 Å². The van der Waals surface area contributed by atoms with Gasteiger partial charge < -0.3 is 11.1 Å². The van der Waals surface area contributed by atoms with Crippen LogP contribution in [-0.4, -0.2) is 17.4 Å². The van der Waals surface area contributed by atoms with Crippen LogP contribution in [-0.2, 0) is 17.6 Å². The van der Waals surface area contributed by atoms with Crippen molar-refractivity contribution in [3.63, 3.8) is 0 Å². The molecule has 4 nitrogen and oxygen atoms in total. The molecule has 0 atom stereocenters. The number of nitrogens with zero attached hydrogens (tertiary/aromatic N) is 1. The van der Waals surface area contributed by atoms with Gasteiger partial charge in [0.25, 0.3) is 0 Å². The highest BCUT2D eigenvalue weighted by Crippen LogP contribution is 2.30. The number of carbonyl (C=O) groups is 1. The van der Waals surface area contributed by atoms with E-state index in [1.54, 1.807) is 0 Å². The first kappa shape index (κ1) is 14.2. The van der Waals surface area contributed by atoms with Crippen LogP contribution in [0.4, 0.5) is 5.13 Å². The SMILES string of the molecule is NCCCC(=O)Nc1nc(-c2ccc3c(c2)CCC3)cs1. The largest absolute Gasteiger partial charge is 0.330 e. The number of fused-ring (bicyclic) bond motifs is 1. The molecular weight excluding hydrogens is 282 g/mol. The van der Waals surface area contributed by atoms with Crippen molar-refractivity contribution >= 4 is 22.4 Å². The molecule has 0 radical (unpaired) electrons. The Kier molecular flexibility index (Phi) is 4.31. The van der Waals surface area contributed by atoms with Crippen LogP contribution in [0.15, 0.2) is 23.6 Å². The van der Waals surface area contributed by atoms with Gasteiger partial charge in [-0.25, -0.2) is 4.98 Å². The average Bonchev–Trinajstić information content (AvgIpc) is 3.12. The van der Waals surface area contributed by atoms with E-state index < -0.39 is 0 Å². The van der Waals surface area contributed by atoms with Crippen LogP contribution in [0.1, 0.15) is 30.4 Å². The molecule has 3 rings (SSSR count). The maximum absolute atomic E-state index is 11.7. The maximum atomic E-state index is 11.7. The smallest absolute Gasteiger partial charge is 0.226 e. The van der Waals surface area contributed by atoms with Crippen molar-refractivity contribution < 1.29 is 4.79 Å². The zero-order valence-electron chi connectivity index (χ0n) is 11.9. The summed E-state index contributed by atoms with van der Waals surface area (Å²) < 4.78 is 0. The van der Waals surface area contributed by atoms with Gasteiger partial charge >= 0.3 is 0 Å². The second-order valence-electron chi connectivity index (χ2n) is 5.32. The first-order valence-electron chi connectivity index (χ1n) is 7.34. The molecule has 0 saturated carbocycles. The Morgan fingerprint density at radius 2 is 2.19 bits per heavy atom. The molecule has 0 bridgehead atoms. The summed E-state index contributed by atoms with van der Waals surface area (Å²) in [6, 6.07) is 6.56. The van der Waals surface area contributed by atoms with Crippen LogP contribution in [0.5, 0.6) is 0 Å². The van der Waals surface area contributed by atoms with Crippen LogP contribution >= 0.6 is 11.3 Å². The van der Waals surface area contributed by atoms with Crippen LogP contribution < -0.4 is 11.1 Å². The molecule has 2 aromatic rings. The van der Waals surface area contributed by atoms with Crippen molar-refractivity contribution in [1.29, 1.82) is 0 Å². The minimum absolute atomic E-state index is 0.0182. The van der Waals surface area contributed by atoms with Gasteiger partial charge in [0.2, 0.25) is 5.91 Å². The number of carbonyl (C=O) groups excluding carboxylic acids is 1. The minimum atomic E-state index is -0.0182. The highest BCUT2D eigenvalue weighted by atomic mass is 32.1. The third-order valence-electron chi connectivity index (χ3n) is 3.75. The number of anilines is 1. The lowest BCUT2D eigenvalue weighted by atomic mass is 10.1. The first-order chi connectivity index (χ1) is 10.3. The summed E-state index contributed by atoms with van der Waals surface area (Å²) in [5, 5.41) is 5.49. The van der Waals surface area contributed by atoms with E-state index in [-0.39, 0.29) is 5.91 Å². The van der Waals surface area contributed by atoms with Gasteiger partial charge in [-0.3, -0.25) is 4.79 Å². The third kappa shape index (κ3) is 3.31. The van der Waals surface area contributed by atoms with Gasteiger partial charge in [0, 0.05) is 17.4 Å². The molecule has 110 valence electrons. The number of nitrogens with two attached hydrogens (primary N) is 1. The van der Waals surface area contributed by atoms with E-state index in [9.17, 15) is 4.79 Å². The Morgan fingerprint density at radius 1 is 1.33 bits per heavy atom. The van der Waals surface area contributed by atoms with E-state index in [4.69, 9.17) is 5.73 Å². The number of rotatable bonds is 5. The Hall–Kier alpha value is -1.72. The number of aryl methyl sites for hydroxylation is 2. The molecule has 1 aliphatic rings. The molecule has 0 saturated heterocycles. The van der Waals surface area contributed by atoms with Gasteiger partial charge in [-0.15, -0.1) is 11.3 Å². The summed E-state index contributed by atoms with van der Waals surface area (Å²) in [5.41, 5.74) is 10.4. The van der Waals surface area contributed by atoms with Gasteiger partial charge in [0.15, 0.2) is 5.13 Å². The highest BCUT2D eigenvalue weighted by molar-refractivity contribution is 7.14. The van der Waals surface area contributed by atoms with Crippen molar-refractivity contribution in [2.24, 2.45) is 5.73 Å². The van der Waals surface area contributed by atoms with Crippen LogP contribution in [0.3, 0.4) is 0 Å². The minimum Gasteiger partial charge on any atom is -0.330 e. The molecular formula is C16H19N3OS. The summed E-state index contributed by atoms with van der Waals surface area (Å²) >= 11 is 1.47. The predicted molar refractivity (Wildman–Crippen MR) is 86.5 cm³/mol. The Labute approximate surface area is 128 Å². The van der Waals surface area contributed by atoms with Crippen molar-refractivity contribution in [3.05, 3.63) is 34.7 Å². The lowest BCUT2D eigenvalue weighted by Crippen LogP contribution is -2.13. The fourth-order valence-corrected chi connectivity index (χ4v) is 3.38. The fraction of sp³-hybridized carbons (Fsp3) is 0.375. The molecule has 1 aliphatic carbocycles. The number of nitrogens with one attached hydrogen (secondary N) is 1. The van der Waals surface area contributed by atoms with E-state index in [1.807, 2.05) is 5.38 Å². The Morgan fingerprint density at radius 3 is 3.05 bits per heavy atom. The molecule has 1 aromatic carbocycles. The first-order valence-corrected chi connectivity index (χ1v) is 8.22. The Bertz CT molecular complexity index is 651. The fourth-order valence-electron chi connectivity index (χ4n) is 2.64. The van der Waals surface area contributed by atoms with Gasteiger partial charge in [0.05, 0.1) is 5.69 Å². The second-order valence-corrected chi connectivity index (χ2v) is 6.17. The molecule has 0 unspecified atom stereocenters. The number of amides is 1. The summed E-state index contributed by atoms with van der Waals surface area (Å²) in [4.78, 5) is 16.2. The molecule has 0 spiro atoms. The number of thiazole rings is 1. The normalized spacial score (nSPS) is 13.2. The lowest BCUT2D eigenvalue weighted by Gasteiger charge is -2.02. The number of benzene rings is 1. The molecule has 1 heterocycles. The monoisotopic (exact) mass is 301 g/mol. The van der Waals surface area contributed by atoms with Crippen molar-refractivity contribution in [2.45, 2.75) is 32.1 Å². The summed E-state index contributed by atoms with van der Waals surface area (Å²) in [6.07, 6.45) is 4.75. The van der Waals surface area contributed by atoms with Gasteiger partial charge in [-0.1, -0.05) is 12.1 Å². The van der Waals surface area contributed by atoms with E-state index in [2.05, 4.69) is 28.5 Å². The summed E-state index contributed by atoms with van der Waals surface area (Å²) in [7, 11) is 0. The average molecular weight is 301 g/mol. The van der Waals surface area contributed by atoms with Crippen LogP contribution in [0, 0.1) is 0 Å². The quantitative estimate of drug-likeness (QED) is 0.892. The molecule has 3 N–H and O–H groups in total. The zero-order valence-corrected chi connectivity index (χ0v) is 12.7. The number of hydrogen-bond donors (Lipinski definition) is 2. The molecule has 21 heavy (non-hydrogen) atoms. The van der Waals surface area contributed by atoms with Gasteiger partial charge in [0.1, 0.15) is 0 Å². The van der Waals surface area contributed by atoms with Gasteiger partial charge in [-0.2, -0.15) is 0 Å². The van der Waals surface area contributed by atoms with Gasteiger partial charge in [-0.05, 0) is 49.4 Å². The van der Waals surface area contributed by atoms with Crippen molar-refractivity contribution in [1.82, 2.24) is 4.98 Å². The topological polar surface area (TPSA) is 68.0 Å². The lowest BCUT2D eigenvalue weighted by molar-refractivity contribution is -0.116. The number of aromatic nitrogens is 1. The predicted octanol–water partition coefficient (Wildman–Crippen LogP) is 2.98. The van der Waals surface area contributed by atoms with Crippen LogP contribution in [0.2, 0.25) is 0 Å². The number of hydrogen-bond acceptors (Lipinski definition) is 4. The standard InChI is InChI=1S/C16H19N3OS/c17-8-2-5-15(20)19-16-18-14(10-21-16)13-7-6-11-3-1-4-12(11)9-13/h6-7,9-10H,1-5,8,17H2,(H,18,19,20). The zero-order chi connectivity index (χ0) is 14.7. The highest BCUT2D eigenvalue weighted by Gasteiger charge is 2.13. The Balaban J connectivity index is 1.71. The second kappa shape index (κ2) is 6.37. The third-order valence-corrected chi connectivity index (χ3v) is 4.51. The molecule has 5 heteroatoms. The summed E-state index contributed by atoms with van der Waals surface area (Å²) in [5.74, 6) is -0.0182. The van der Waals surface area contributed by atoms with Crippen LogP contribution in [0.25, 0.3) is 11.3 Å². The molecule has 0 fully saturated rings. The maximum Gasteiger partial charge on any atom is 0.226 e. The van der Waals surface area contributed by atoms with E-state index in [0.717, 1.165) is 17.7 Å². The molecule has 0 aliphatic heterocycles. The molecule has 1 aromatic heterocycles. The van der Waals surface area contributed by atoms with E-state index >= 15 is 0 Å². The summed E-state index contributed by atoms with van der Waals surface area (Å²) in [6.45, 7) is 0.533. The van der Waals surface area contributed by atoms with E-state index in [0.29, 0.717) is 24.5 Å².